The predicted octanol–water partition coefficient (Wildman–Crippen LogP) is 1.29. The first-order valence-corrected chi connectivity index (χ1v) is 11.4. The summed E-state index contributed by atoms with van der Waals surface area (Å²) in [5.41, 5.74) is 3.19. The summed E-state index contributed by atoms with van der Waals surface area (Å²) in [4.78, 5) is 23.9. The van der Waals surface area contributed by atoms with Crippen LogP contribution in [0.25, 0.3) is 27.9 Å². The Morgan fingerprint density at radius 3 is 3.03 bits per heavy atom. The summed E-state index contributed by atoms with van der Waals surface area (Å²) in [6.45, 7) is 1.16. The molecule has 1 unspecified atom stereocenters. The molecule has 2 aliphatic heterocycles. The van der Waals surface area contributed by atoms with E-state index < -0.39 is 12.2 Å². The van der Waals surface area contributed by atoms with Crippen molar-refractivity contribution in [1.82, 2.24) is 24.6 Å². The summed E-state index contributed by atoms with van der Waals surface area (Å²) in [7, 11) is 1.79. The van der Waals surface area contributed by atoms with Gasteiger partial charge in [0.15, 0.2) is 11.7 Å². The van der Waals surface area contributed by atoms with Crippen molar-refractivity contribution in [3.8, 4) is 11.3 Å². The number of alkyl halides is 1. The normalized spacial score (nSPS) is 25.1. The fraction of sp³-hybridized carbons (Fsp3) is 0.391. The van der Waals surface area contributed by atoms with Crippen LogP contribution < -0.4 is 20.0 Å². The second kappa shape index (κ2) is 7.13. The first kappa shape index (κ1) is 19.7. The van der Waals surface area contributed by atoms with Gasteiger partial charge < -0.3 is 20.2 Å². The SMILES string of the molecule is CNc1cc(-c2cn3c4c2ccc[n+]4[C@@H]2COC[C@H]2O3)nc2c(C(=O)NC3CC[C@H]3F)cnn12. The number of carbonyl (C=O) groups is 1. The minimum Gasteiger partial charge on any atom is -0.373 e. The van der Waals surface area contributed by atoms with Crippen molar-refractivity contribution in [1.29, 1.82) is 0 Å². The van der Waals surface area contributed by atoms with Crippen LogP contribution in [0.15, 0.2) is 36.8 Å². The second-order valence-electron chi connectivity index (χ2n) is 9.01. The van der Waals surface area contributed by atoms with Crippen molar-refractivity contribution >= 4 is 28.4 Å². The molecule has 3 aliphatic rings. The highest BCUT2D eigenvalue weighted by atomic mass is 19.1. The van der Waals surface area contributed by atoms with Crippen molar-refractivity contribution in [2.75, 3.05) is 25.6 Å². The number of nitrogens with one attached hydrogen (secondary N) is 2. The van der Waals surface area contributed by atoms with Gasteiger partial charge in [0, 0.05) is 13.1 Å². The molecule has 34 heavy (non-hydrogen) atoms. The van der Waals surface area contributed by atoms with Crippen molar-refractivity contribution in [3.05, 3.63) is 42.4 Å². The van der Waals surface area contributed by atoms with E-state index >= 15 is 0 Å². The van der Waals surface area contributed by atoms with Gasteiger partial charge in [-0.05, 0) is 29.7 Å². The lowest BCUT2D eigenvalue weighted by atomic mass is 9.90. The first-order chi connectivity index (χ1) is 16.6. The minimum atomic E-state index is -1.00. The van der Waals surface area contributed by atoms with Crippen molar-refractivity contribution in [3.63, 3.8) is 0 Å². The lowest BCUT2D eigenvalue weighted by molar-refractivity contribution is -0.713. The van der Waals surface area contributed by atoms with Crippen LogP contribution in [-0.4, -0.2) is 63.8 Å². The van der Waals surface area contributed by atoms with Gasteiger partial charge >= 0.3 is 5.65 Å². The fourth-order valence-corrected chi connectivity index (χ4v) is 5.10. The average Bonchev–Trinajstić information content (AvgIpc) is 3.59. The molecule has 2 N–H and O–H groups in total. The van der Waals surface area contributed by atoms with Gasteiger partial charge in [0.05, 0.1) is 48.3 Å². The van der Waals surface area contributed by atoms with Gasteiger partial charge in [0.2, 0.25) is 6.10 Å². The van der Waals surface area contributed by atoms with Crippen molar-refractivity contribution < 1.29 is 23.3 Å². The van der Waals surface area contributed by atoms with Crippen LogP contribution in [0.2, 0.25) is 0 Å². The highest BCUT2D eigenvalue weighted by Gasteiger charge is 2.43. The van der Waals surface area contributed by atoms with Crippen LogP contribution in [0, 0.1) is 0 Å². The van der Waals surface area contributed by atoms with Crippen LogP contribution >= 0.6 is 0 Å². The molecule has 1 amide bonds. The zero-order chi connectivity index (χ0) is 23.0. The molecule has 0 radical (unpaired) electrons. The molecule has 7 rings (SSSR count). The van der Waals surface area contributed by atoms with E-state index in [1.54, 1.807) is 16.3 Å². The number of nitrogens with zero attached hydrogens (tertiary/aromatic N) is 5. The topological polar surface area (TPSA) is 98.6 Å². The number of fused-ring (bicyclic) bond motifs is 3. The van der Waals surface area contributed by atoms with Gasteiger partial charge in [0.25, 0.3) is 5.91 Å². The zero-order valence-corrected chi connectivity index (χ0v) is 18.4. The van der Waals surface area contributed by atoms with E-state index in [9.17, 15) is 9.18 Å². The largest absolute Gasteiger partial charge is 0.373 e. The molecule has 10 nitrogen and oxygen atoms in total. The molecule has 1 aliphatic carbocycles. The minimum absolute atomic E-state index is 0.0531. The Hall–Kier alpha value is -3.73. The summed E-state index contributed by atoms with van der Waals surface area (Å²) in [6, 6.07) is 5.61. The average molecular weight is 464 g/mol. The van der Waals surface area contributed by atoms with E-state index in [0.717, 1.165) is 16.6 Å². The smallest absolute Gasteiger partial charge is 0.329 e. The molecular weight excluding hydrogens is 441 g/mol. The van der Waals surface area contributed by atoms with Gasteiger partial charge in [-0.1, -0.05) is 0 Å². The number of hydrogen-bond donors (Lipinski definition) is 2. The third-order valence-corrected chi connectivity index (χ3v) is 7.10. The molecule has 4 aromatic rings. The Kier molecular flexibility index (Phi) is 4.14. The fourth-order valence-electron chi connectivity index (χ4n) is 5.10. The quantitative estimate of drug-likeness (QED) is 0.442. The number of pyridine rings is 1. The van der Waals surface area contributed by atoms with E-state index in [2.05, 4.69) is 20.3 Å². The lowest BCUT2D eigenvalue weighted by Crippen LogP contribution is -2.54. The van der Waals surface area contributed by atoms with Crippen LogP contribution in [0.4, 0.5) is 10.2 Å². The maximum Gasteiger partial charge on any atom is 0.329 e. The maximum absolute atomic E-state index is 13.7. The van der Waals surface area contributed by atoms with Gasteiger partial charge in [0.1, 0.15) is 23.7 Å². The highest BCUT2D eigenvalue weighted by molar-refractivity contribution is 6.01. The Morgan fingerprint density at radius 1 is 1.32 bits per heavy atom. The molecule has 4 atom stereocenters. The van der Waals surface area contributed by atoms with Crippen molar-refractivity contribution in [2.24, 2.45) is 0 Å². The molecular formula is C23H23FN7O3+. The summed E-state index contributed by atoms with van der Waals surface area (Å²) < 4.78 is 24.9. The third-order valence-electron chi connectivity index (χ3n) is 7.10. The Labute approximate surface area is 193 Å². The molecule has 1 saturated carbocycles. The number of hydrogen-bond acceptors (Lipinski definition) is 6. The van der Waals surface area contributed by atoms with Crippen LogP contribution in [0.3, 0.4) is 0 Å². The summed E-state index contributed by atoms with van der Waals surface area (Å²) in [6.07, 6.45) is 5.51. The van der Waals surface area contributed by atoms with Crippen LogP contribution in [-0.2, 0) is 4.74 Å². The molecule has 0 bridgehead atoms. The number of anilines is 1. The molecule has 1 saturated heterocycles. The van der Waals surface area contributed by atoms with Gasteiger partial charge in [-0.2, -0.15) is 9.61 Å². The number of rotatable bonds is 4. The third kappa shape index (κ3) is 2.70. The zero-order valence-electron chi connectivity index (χ0n) is 18.4. The van der Waals surface area contributed by atoms with E-state index in [4.69, 9.17) is 14.6 Å². The maximum atomic E-state index is 13.7. The van der Waals surface area contributed by atoms with Crippen LogP contribution in [0.5, 0.6) is 0 Å². The second-order valence-corrected chi connectivity index (χ2v) is 9.01. The van der Waals surface area contributed by atoms with Crippen LogP contribution in [0.1, 0.15) is 29.2 Å². The molecule has 174 valence electrons. The highest BCUT2D eigenvalue weighted by Crippen LogP contribution is 2.33. The summed E-state index contributed by atoms with van der Waals surface area (Å²) in [5, 5.41) is 11.2. The molecule has 0 spiro atoms. The first-order valence-electron chi connectivity index (χ1n) is 11.4. The molecule has 0 aromatic carbocycles. The van der Waals surface area contributed by atoms with Gasteiger partial charge in [-0.25, -0.2) is 13.9 Å². The summed E-state index contributed by atoms with van der Waals surface area (Å²) in [5.74, 6) is 0.306. The van der Waals surface area contributed by atoms with Crippen molar-refractivity contribution in [2.45, 2.75) is 37.2 Å². The van der Waals surface area contributed by atoms with E-state index in [1.165, 1.54) is 6.20 Å². The van der Waals surface area contributed by atoms with E-state index in [0.29, 0.717) is 48.8 Å². The molecule has 4 aromatic heterocycles. The Balaban J connectivity index is 1.37. The summed E-state index contributed by atoms with van der Waals surface area (Å²) >= 11 is 0. The molecule has 11 heteroatoms. The number of aromatic nitrogens is 5. The number of ether oxygens (including phenoxy) is 1. The molecule has 2 fully saturated rings. The molecule has 6 heterocycles. The Morgan fingerprint density at radius 2 is 2.24 bits per heavy atom. The number of amides is 1. The number of halogens is 1. The Bertz CT molecular complexity index is 1460. The lowest BCUT2D eigenvalue weighted by Gasteiger charge is -2.30. The van der Waals surface area contributed by atoms with Gasteiger partial charge in [-0.3, -0.25) is 4.79 Å². The monoisotopic (exact) mass is 464 g/mol. The van der Waals surface area contributed by atoms with Gasteiger partial charge in [-0.15, -0.1) is 0 Å². The van der Waals surface area contributed by atoms with E-state index in [1.807, 2.05) is 30.6 Å². The number of carbonyl (C=O) groups excluding carboxylic acids is 1. The van der Waals surface area contributed by atoms with E-state index in [-0.39, 0.29) is 18.1 Å². The standard InChI is InChI=1S/C23H22FN7O3/c1-25-20-7-17(27-21-13(8-26-31(20)21)22(32)28-16-5-4-15(16)24)14-9-30-23-12(14)3-2-6-29(23)18-10-33-11-19(18)34-30/h2-3,6-9,15-16,18-19H,4-5,10-11H2,1H3,(H-,25,26,27,28,32)/p+1/t15-,16?,18-,19-/m1/s1. The predicted molar refractivity (Wildman–Crippen MR) is 119 cm³/mol.